The van der Waals surface area contributed by atoms with Gasteiger partial charge in [0.05, 0.1) is 35.7 Å². The Labute approximate surface area is 182 Å². The van der Waals surface area contributed by atoms with Crippen LogP contribution in [0.25, 0.3) is 11.3 Å². The maximum absolute atomic E-state index is 12.7. The van der Waals surface area contributed by atoms with E-state index in [1.54, 1.807) is 43.6 Å². The van der Waals surface area contributed by atoms with Crippen LogP contribution >= 0.6 is 0 Å². The zero-order chi connectivity index (χ0) is 22.5. The number of hydrogen-bond acceptors (Lipinski definition) is 7. The van der Waals surface area contributed by atoms with Crippen molar-refractivity contribution in [3.8, 4) is 28.5 Å². The van der Waals surface area contributed by atoms with Crippen molar-refractivity contribution in [3.05, 3.63) is 88.9 Å². The van der Waals surface area contributed by atoms with E-state index in [1.807, 2.05) is 12.1 Å². The van der Waals surface area contributed by atoms with Crippen molar-refractivity contribution in [1.82, 2.24) is 15.2 Å². The molecule has 160 valence electrons. The van der Waals surface area contributed by atoms with E-state index >= 15 is 0 Å². The van der Waals surface area contributed by atoms with Crippen molar-refractivity contribution in [1.29, 1.82) is 0 Å². The van der Waals surface area contributed by atoms with Gasteiger partial charge in [0.25, 0.3) is 11.6 Å². The fraction of sp³-hybridized carbons (Fsp3) is 0.0455. The molecule has 0 unspecified atom stereocenters. The first kappa shape index (κ1) is 20.5. The zero-order valence-electron chi connectivity index (χ0n) is 16.8. The van der Waals surface area contributed by atoms with Crippen molar-refractivity contribution < 1.29 is 19.2 Å². The fourth-order valence-corrected chi connectivity index (χ4v) is 2.91. The number of anilines is 1. The largest absolute Gasteiger partial charge is 0.497 e. The van der Waals surface area contributed by atoms with Crippen molar-refractivity contribution in [2.24, 2.45) is 0 Å². The first-order valence-electron chi connectivity index (χ1n) is 9.40. The van der Waals surface area contributed by atoms with Crippen molar-refractivity contribution >= 4 is 17.3 Å². The molecule has 0 aliphatic carbocycles. The second-order valence-corrected chi connectivity index (χ2v) is 6.61. The molecule has 2 aromatic carbocycles. The minimum absolute atomic E-state index is 0.186. The smallest absolute Gasteiger partial charge is 0.275 e. The fourth-order valence-electron chi connectivity index (χ4n) is 2.91. The number of carbonyl (C=O) groups is 1. The molecule has 0 aliphatic heterocycles. The molecule has 4 rings (SSSR count). The SMILES string of the molecule is COc1ccc(-c2cc(C(=O)Nc3cc(Oc4cccnc4)cc([N+](=O)[O-])c3)[nH]n2)cc1. The molecule has 1 amide bonds. The Kier molecular flexibility index (Phi) is 5.75. The van der Waals surface area contributed by atoms with Crippen molar-refractivity contribution in [3.63, 3.8) is 0 Å². The van der Waals surface area contributed by atoms with Crippen LogP contribution < -0.4 is 14.8 Å². The number of aromatic nitrogens is 3. The average molecular weight is 431 g/mol. The Morgan fingerprint density at radius 1 is 1.06 bits per heavy atom. The molecule has 2 N–H and O–H groups in total. The highest BCUT2D eigenvalue weighted by Crippen LogP contribution is 2.30. The number of methoxy groups -OCH3 is 1. The van der Waals surface area contributed by atoms with Crippen LogP contribution in [0, 0.1) is 10.1 Å². The lowest BCUT2D eigenvalue weighted by molar-refractivity contribution is -0.384. The summed E-state index contributed by atoms with van der Waals surface area (Å²) in [6.45, 7) is 0. The highest BCUT2D eigenvalue weighted by molar-refractivity contribution is 6.03. The third kappa shape index (κ3) is 4.70. The molecule has 0 spiro atoms. The first-order valence-corrected chi connectivity index (χ1v) is 9.40. The number of amides is 1. The van der Waals surface area contributed by atoms with Gasteiger partial charge >= 0.3 is 0 Å². The van der Waals surface area contributed by atoms with Gasteiger partial charge in [-0.2, -0.15) is 5.10 Å². The number of carbonyl (C=O) groups excluding carboxylic acids is 1. The number of nitro benzene ring substituents is 1. The first-order chi connectivity index (χ1) is 15.5. The maximum atomic E-state index is 12.7. The summed E-state index contributed by atoms with van der Waals surface area (Å²) < 4.78 is 10.8. The number of H-pyrrole nitrogens is 1. The van der Waals surface area contributed by atoms with Gasteiger partial charge < -0.3 is 14.8 Å². The van der Waals surface area contributed by atoms with Crippen LogP contribution in [0.15, 0.2) is 73.1 Å². The topological polar surface area (TPSA) is 132 Å². The van der Waals surface area contributed by atoms with Crippen LogP contribution in [0.1, 0.15) is 10.5 Å². The minimum atomic E-state index is -0.566. The standard InChI is InChI=1S/C22H17N5O5/c1-31-17-6-4-14(5-7-17)20-12-21(26-25-20)22(28)24-15-9-16(27(29)30)11-19(10-15)32-18-3-2-8-23-13-18/h2-13H,1H3,(H,24,28)(H,25,26). The second kappa shape index (κ2) is 8.96. The van der Waals surface area contributed by atoms with Crippen LogP contribution in [-0.2, 0) is 0 Å². The molecule has 10 nitrogen and oxygen atoms in total. The van der Waals surface area contributed by atoms with Gasteiger partial charge in [-0.25, -0.2) is 0 Å². The van der Waals surface area contributed by atoms with Gasteiger partial charge in [0.2, 0.25) is 0 Å². The number of rotatable bonds is 7. The zero-order valence-corrected chi connectivity index (χ0v) is 16.8. The Hall–Kier alpha value is -4.73. The Bertz CT molecular complexity index is 1260. The summed E-state index contributed by atoms with van der Waals surface area (Å²) in [5, 5.41) is 20.8. The lowest BCUT2D eigenvalue weighted by atomic mass is 10.1. The monoisotopic (exact) mass is 431 g/mol. The van der Waals surface area contributed by atoms with Crippen molar-refractivity contribution in [2.75, 3.05) is 12.4 Å². The molecule has 0 saturated carbocycles. The number of nitrogens with zero attached hydrogens (tertiary/aromatic N) is 3. The summed E-state index contributed by atoms with van der Waals surface area (Å²) in [5.74, 6) is 0.788. The van der Waals surface area contributed by atoms with Crippen LogP contribution in [0.4, 0.5) is 11.4 Å². The van der Waals surface area contributed by atoms with Gasteiger partial charge in [-0.05, 0) is 42.5 Å². The number of nitrogens with one attached hydrogen (secondary N) is 2. The Morgan fingerprint density at radius 3 is 2.56 bits per heavy atom. The van der Waals surface area contributed by atoms with Crippen LogP contribution in [0.3, 0.4) is 0 Å². The van der Waals surface area contributed by atoms with Gasteiger partial charge in [0.15, 0.2) is 0 Å². The molecule has 0 radical (unpaired) electrons. The number of nitro groups is 1. The number of ether oxygens (including phenoxy) is 2. The lowest BCUT2D eigenvalue weighted by Gasteiger charge is -2.08. The second-order valence-electron chi connectivity index (χ2n) is 6.61. The number of pyridine rings is 1. The number of aromatic amines is 1. The maximum Gasteiger partial charge on any atom is 0.275 e. The van der Waals surface area contributed by atoms with Crippen LogP contribution in [-0.4, -0.2) is 33.1 Å². The molecule has 0 atom stereocenters. The molecule has 0 fully saturated rings. The molecule has 0 aliphatic rings. The van der Waals surface area contributed by atoms with Gasteiger partial charge in [0, 0.05) is 23.9 Å². The average Bonchev–Trinajstić information content (AvgIpc) is 3.30. The van der Waals surface area contributed by atoms with Crippen molar-refractivity contribution in [2.45, 2.75) is 0 Å². The van der Waals surface area contributed by atoms with E-state index in [0.29, 0.717) is 17.2 Å². The summed E-state index contributed by atoms with van der Waals surface area (Å²) in [5.41, 5.74) is 1.52. The Balaban J connectivity index is 1.54. The molecule has 2 aromatic heterocycles. The molecular weight excluding hydrogens is 414 g/mol. The normalized spacial score (nSPS) is 10.4. The van der Waals surface area contributed by atoms with E-state index in [-0.39, 0.29) is 22.8 Å². The van der Waals surface area contributed by atoms with E-state index in [0.717, 1.165) is 5.56 Å². The highest BCUT2D eigenvalue weighted by atomic mass is 16.6. The van der Waals surface area contributed by atoms with Gasteiger partial charge in [-0.15, -0.1) is 0 Å². The highest BCUT2D eigenvalue weighted by Gasteiger charge is 2.16. The quantitative estimate of drug-likeness (QED) is 0.327. The summed E-state index contributed by atoms with van der Waals surface area (Å²) in [4.78, 5) is 27.4. The third-order valence-corrected chi connectivity index (χ3v) is 4.44. The predicted molar refractivity (Wildman–Crippen MR) is 116 cm³/mol. The van der Waals surface area contributed by atoms with Gasteiger partial charge in [-0.3, -0.25) is 25.0 Å². The number of hydrogen-bond donors (Lipinski definition) is 2. The van der Waals surface area contributed by atoms with E-state index < -0.39 is 10.8 Å². The predicted octanol–water partition coefficient (Wildman–Crippen LogP) is 4.43. The third-order valence-electron chi connectivity index (χ3n) is 4.44. The summed E-state index contributed by atoms with van der Waals surface area (Å²) >= 11 is 0. The molecule has 10 heteroatoms. The minimum Gasteiger partial charge on any atom is -0.497 e. The summed E-state index contributed by atoms with van der Waals surface area (Å²) in [7, 11) is 1.58. The lowest BCUT2D eigenvalue weighted by Crippen LogP contribution is -2.12. The molecular formula is C22H17N5O5. The summed E-state index contributed by atoms with van der Waals surface area (Å²) in [6, 6.07) is 16.1. The van der Waals surface area contributed by atoms with Gasteiger partial charge in [-0.1, -0.05) is 0 Å². The summed E-state index contributed by atoms with van der Waals surface area (Å²) in [6.07, 6.45) is 3.05. The molecule has 0 bridgehead atoms. The molecule has 32 heavy (non-hydrogen) atoms. The van der Waals surface area contributed by atoms with E-state index in [1.165, 1.54) is 24.4 Å². The van der Waals surface area contributed by atoms with Gasteiger partial charge in [0.1, 0.15) is 22.9 Å². The van der Waals surface area contributed by atoms with Crippen LogP contribution in [0.2, 0.25) is 0 Å². The van der Waals surface area contributed by atoms with Crippen LogP contribution in [0.5, 0.6) is 17.2 Å². The number of non-ortho nitro benzene ring substituents is 1. The molecule has 4 aromatic rings. The van der Waals surface area contributed by atoms with E-state index in [2.05, 4.69) is 20.5 Å². The van der Waals surface area contributed by atoms with E-state index in [4.69, 9.17) is 9.47 Å². The van der Waals surface area contributed by atoms with E-state index in [9.17, 15) is 14.9 Å². The molecule has 2 heterocycles. The number of benzene rings is 2. The molecule has 0 saturated heterocycles. The Morgan fingerprint density at radius 2 is 1.88 bits per heavy atom.